The van der Waals surface area contributed by atoms with Gasteiger partial charge >= 0.3 is 5.97 Å². The number of aliphatic carboxylic acids is 1. The number of fused-ring (bicyclic) bond motifs is 1. The molecule has 1 aliphatic rings. The SMILES string of the molecule is CCOCC(=O)Nc1cnc2ccccc2c1NC(CC)C1(C(=O)O)CC1.Cl. The van der Waals surface area contributed by atoms with Crippen LogP contribution < -0.4 is 10.6 Å². The van der Waals surface area contributed by atoms with Crippen molar-refractivity contribution in [1.29, 1.82) is 0 Å². The summed E-state index contributed by atoms with van der Waals surface area (Å²) in [5.74, 6) is -1.05. The van der Waals surface area contributed by atoms with Crippen LogP contribution in [0, 0.1) is 5.41 Å². The van der Waals surface area contributed by atoms with Gasteiger partial charge < -0.3 is 20.5 Å². The average Bonchev–Trinajstić information content (AvgIpc) is 3.47. The molecule has 152 valence electrons. The van der Waals surface area contributed by atoms with Gasteiger partial charge in [-0.05, 0) is 32.3 Å². The Bertz CT molecular complexity index is 854. The number of carbonyl (C=O) groups is 2. The first-order chi connectivity index (χ1) is 13.0. The molecular weight excluding hydrogens is 382 g/mol. The number of halogens is 1. The highest BCUT2D eigenvalue weighted by atomic mass is 35.5. The second kappa shape index (κ2) is 9.21. The largest absolute Gasteiger partial charge is 0.481 e. The molecule has 1 aliphatic carbocycles. The van der Waals surface area contributed by atoms with Gasteiger partial charge in [0.1, 0.15) is 6.61 Å². The molecule has 3 N–H and O–H groups in total. The van der Waals surface area contributed by atoms with E-state index in [1.807, 2.05) is 38.1 Å². The van der Waals surface area contributed by atoms with E-state index >= 15 is 0 Å². The molecule has 1 fully saturated rings. The van der Waals surface area contributed by atoms with Gasteiger partial charge in [-0.1, -0.05) is 25.1 Å². The van der Waals surface area contributed by atoms with Crippen molar-refractivity contribution in [1.82, 2.24) is 4.98 Å². The Kier molecular flexibility index (Phi) is 7.21. The van der Waals surface area contributed by atoms with Crippen molar-refractivity contribution in [2.45, 2.75) is 39.2 Å². The number of nitrogens with one attached hydrogen (secondary N) is 2. The highest BCUT2D eigenvalue weighted by molar-refractivity contribution is 6.03. The van der Waals surface area contributed by atoms with Crippen LogP contribution in [0.25, 0.3) is 10.9 Å². The van der Waals surface area contributed by atoms with Crippen molar-refractivity contribution in [3.05, 3.63) is 30.5 Å². The molecule has 1 heterocycles. The summed E-state index contributed by atoms with van der Waals surface area (Å²) >= 11 is 0. The highest BCUT2D eigenvalue weighted by Gasteiger charge is 2.55. The van der Waals surface area contributed by atoms with Crippen molar-refractivity contribution in [2.24, 2.45) is 5.41 Å². The average molecular weight is 408 g/mol. The van der Waals surface area contributed by atoms with Gasteiger partial charge in [0.05, 0.1) is 28.5 Å². The number of amides is 1. The molecule has 28 heavy (non-hydrogen) atoms. The van der Waals surface area contributed by atoms with Gasteiger partial charge in [-0.25, -0.2) is 0 Å². The summed E-state index contributed by atoms with van der Waals surface area (Å²) < 4.78 is 5.16. The minimum absolute atomic E-state index is 0. The number of carbonyl (C=O) groups excluding carboxylic acids is 1. The van der Waals surface area contributed by atoms with Crippen LogP contribution in [-0.2, 0) is 14.3 Å². The van der Waals surface area contributed by atoms with Gasteiger partial charge in [0.15, 0.2) is 0 Å². The van der Waals surface area contributed by atoms with Crippen molar-refractivity contribution in [2.75, 3.05) is 23.8 Å². The first kappa shape index (κ1) is 21.9. The molecule has 1 saturated carbocycles. The second-order valence-corrected chi connectivity index (χ2v) is 6.82. The van der Waals surface area contributed by atoms with E-state index in [-0.39, 0.29) is 31.0 Å². The Balaban J connectivity index is 0.00000280. The summed E-state index contributed by atoms with van der Waals surface area (Å²) in [5.41, 5.74) is 1.26. The maximum atomic E-state index is 12.1. The Morgan fingerprint density at radius 3 is 2.61 bits per heavy atom. The van der Waals surface area contributed by atoms with Crippen LogP contribution in [0.15, 0.2) is 30.5 Å². The number of carboxylic acids is 1. The van der Waals surface area contributed by atoms with Gasteiger partial charge in [0.2, 0.25) is 5.91 Å². The van der Waals surface area contributed by atoms with E-state index in [0.29, 0.717) is 37.2 Å². The van der Waals surface area contributed by atoms with Crippen LogP contribution in [0.1, 0.15) is 33.1 Å². The lowest BCUT2D eigenvalue weighted by molar-refractivity contribution is -0.144. The van der Waals surface area contributed by atoms with Gasteiger partial charge in [-0.15, -0.1) is 12.4 Å². The van der Waals surface area contributed by atoms with E-state index < -0.39 is 11.4 Å². The Morgan fingerprint density at radius 1 is 1.29 bits per heavy atom. The summed E-state index contributed by atoms with van der Waals surface area (Å²) in [6.45, 7) is 4.20. The number of pyridine rings is 1. The van der Waals surface area contributed by atoms with Crippen LogP contribution in [0.4, 0.5) is 11.4 Å². The van der Waals surface area contributed by atoms with Gasteiger partial charge in [0.25, 0.3) is 0 Å². The first-order valence-corrected chi connectivity index (χ1v) is 9.27. The number of ether oxygens (including phenoxy) is 1. The number of nitrogens with zero attached hydrogens (tertiary/aromatic N) is 1. The molecule has 0 spiro atoms. The zero-order chi connectivity index (χ0) is 19.4. The maximum Gasteiger partial charge on any atom is 0.311 e. The summed E-state index contributed by atoms with van der Waals surface area (Å²) in [4.78, 5) is 28.3. The van der Waals surface area contributed by atoms with Crippen molar-refractivity contribution in [3.63, 3.8) is 0 Å². The van der Waals surface area contributed by atoms with Gasteiger partial charge in [0, 0.05) is 18.0 Å². The number of rotatable bonds is 9. The molecule has 3 rings (SSSR count). The number of hydrogen-bond acceptors (Lipinski definition) is 5. The minimum atomic E-state index is -0.776. The molecule has 0 bridgehead atoms. The molecule has 1 unspecified atom stereocenters. The van der Waals surface area contributed by atoms with E-state index in [2.05, 4.69) is 15.6 Å². The summed E-state index contributed by atoms with van der Waals surface area (Å²) in [6.07, 6.45) is 3.57. The molecule has 0 aliphatic heterocycles. The number of benzene rings is 1. The topological polar surface area (TPSA) is 101 Å². The number of carboxylic acid groups (broad SMARTS) is 1. The lowest BCUT2D eigenvalue weighted by Gasteiger charge is -2.27. The Hall–Kier alpha value is -2.38. The molecule has 1 aromatic heterocycles. The van der Waals surface area contributed by atoms with Crippen LogP contribution in [0.3, 0.4) is 0 Å². The lowest BCUT2D eigenvalue weighted by atomic mass is 9.93. The Morgan fingerprint density at radius 2 is 2.00 bits per heavy atom. The quantitative estimate of drug-likeness (QED) is 0.586. The first-order valence-electron chi connectivity index (χ1n) is 9.27. The van der Waals surface area contributed by atoms with E-state index in [1.54, 1.807) is 6.20 Å². The maximum absolute atomic E-state index is 12.1. The number of anilines is 2. The van der Waals surface area contributed by atoms with Crippen LogP contribution >= 0.6 is 12.4 Å². The fraction of sp³-hybridized carbons (Fsp3) is 0.450. The summed E-state index contributed by atoms with van der Waals surface area (Å²) in [7, 11) is 0. The predicted octanol–water partition coefficient (Wildman–Crippen LogP) is 3.69. The molecular formula is C20H26ClN3O4. The molecule has 1 aromatic carbocycles. The molecule has 1 amide bonds. The summed E-state index contributed by atoms with van der Waals surface area (Å²) in [6, 6.07) is 7.35. The smallest absolute Gasteiger partial charge is 0.311 e. The third-order valence-corrected chi connectivity index (χ3v) is 5.10. The van der Waals surface area contributed by atoms with Crippen LogP contribution in [0.2, 0.25) is 0 Å². The lowest BCUT2D eigenvalue weighted by Crippen LogP contribution is -2.36. The minimum Gasteiger partial charge on any atom is -0.481 e. The molecule has 7 nitrogen and oxygen atoms in total. The monoisotopic (exact) mass is 407 g/mol. The third kappa shape index (κ3) is 4.36. The van der Waals surface area contributed by atoms with Crippen LogP contribution in [-0.4, -0.2) is 41.2 Å². The number of hydrogen-bond donors (Lipinski definition) is 3. The van der Waals surface area contributed by atoms with Crippen LogP contribution in [0.5, 0.6) is 0 Å². The number of para-hydroxylation sites is 1. The Labute approximate surface area is 170 Å². The summed E-state index contributed by atoms with van der Waals surface area (Å²) in [5, 5.41) is 16.8. The molecule has 1 atom stereocenters. The van der Waals surface area contributed by atoms with E-state index in [4.69, 9.17) is 4.74 Å². The second-order valence-electron chi connectivity index (χ2n) is 6.82. The van der Waals surface area contributed by atoms with E-state index in [0.717, 1.165) is 10.9 Å². The molecule has 0 saturated heterocycles. The van der Waals surface area contributed by atoms with Crippen molar-refractivity contribution >= 4 is 46.6 Å². The highest BCUT2D eigenvalue weighted by Crippen LogP contribution is 2.51. The zero-order valence-electron chi connectivity index (χ0n) is 16.0. The standard InChI is InChI=1S/C20H25N3O4.ClH/c1-3-16(20(9-10-20)19(25)26)23-18-13-7-5-6-8-14(13)21-11-15(18)22-17(24)12-27-4-2;/h5-8,11,16H,3-4,9-10,12H2,1-2H3,(H,21,23)(H,22,24)(H,25,26);1H. The fourth-order valence-corrected chi connectivity index (χ4v) is 3.42. The van der Waals surface area contributed by atoms with Gasteiger partial charge in [-0.2, -0.15) is 0 Å². The number of aromatic nitrogens is 1. The van der Waals surface area contributed by atoms with Crippen molar-refractivity contribution in [3.8, 4) is 0 Å². The zero-order valence-corrected chi connectivity index (χ0v) is 16.8. The van der Waals surface area contributed by atoms with E-state index in [1.165, 1.54) is 0 Å². The molecule has 0 radical (unpaired) electrons. The predicted molar refractivity (Wildman–Crippen MR) is 111 cm³/mol. The fourth-order valence-electron chi connectivity index (χ4n) is 3.42. The third-order valence-electron chi connectivity index (χ3n) is 5.10. The molecule has 2 aromatic rings. The van der Waals surface area contributed by atoms with Gasteiger partial charge in [-0.3, -0.25) is 14.6 Å². The van der Waals surface area contributed by atoms with Crippen molar-refractivity contribution < 1.29 is 19.4 Å². The van der Waals surface area contributed by atoms with E-state index in [9.17, 15) is 14.7 Å². The normalized spacial score (nSPS) is 15.4. The molecule has 8 heteroatoms.